The van der Waals surface area contributed by atoms with Gasteiger partial charge >= 0.3 is 5.97 Å². The van der Waals surface area contributed by atoms with Gasteiger partial charge in [0, 0.05) is 56.9 Å². The van der Waals surface area contributed by atoms with E-state index < -0.39 is 41.0 Å². The molecule has 4 atom stereocenters. The van der Waals surface area contributed by atoms with Gasteiger partial charge in [0.25, 0.3) is 5.91 Å². The van der Waals surface area contributed by atoms with E-state index in [2.05, 4.69) is 22.7 Å². The summed E-state index contributed by atoms with van der Waals surface area (Å²) in [5, 5.41) is 10.3. The summed E-state index contributed by atoms with van der Waals surface area (Å²) >= 11 is 0. The number of likely N-dealkylation sites (tertiary alicyclic amines) is 2. The highest BCUT2D eigenvalue weighted by atomic mass is 16.6. The zero-order valence-corrected chi connectivity index (χ0v) is 34.4. The van der Waals surface area contributed by atoms with Crippen molar-refractivity contribution in [2.75, 3.05) is 39.3 Å². The van der Waals surface area contributed by atoms with Crippen molar-refractivity contribution in [2.24, 2.45) is 23.2 Å². The number of amides is 4. The lowest BCUT2D eigenvalue weighted by atomic mass is 9.70. The van der Waals surface area contributed by atoms with Crippen molar-refractivity contribution in [3.63, 3.8) is 0 Å². The predicted molar refractivity (Wildman–Crippen MR) is 212 cm³/mol. The fourth-order valence-corrected chi connectivity index (χ4v) is 8.48. The average Bonchev–Trinajstić information content (AvgIpc) is 3.80. The maximum atomic E-state index is 14.5. The molecule has 2 aliphatic heterocycles. The Hall–Kier alpha value is -4.26. The molecule has 1 saturated carbocycles. The van der Waals surface area contributed by atoms with Crippen molar-refractivity contribution < 1.29 is 33.4 Å². The summed E-state index contributed by atoms with van der Waals surface area (Å²) in [7, 11) is 0. The Balaban J connectivity index is 1.33. The Morgan fingerprint density at radius 2 is 1.68 bits per heavy atom. The highest BCUT2D eigenvalue weighted by molar-refractivity contribution is 5.95. The predicted octanol–water partition coefficient (Wildman–Crippen LogP) is 4.98. The van der Waals surface area contributed by atoms with Crippen LogP contribution in [0.3, 0.4) is 0 Å². The Bertz CT molecular complexity index is 1640. The van der Waals surface area contributed by atoms with Gasteiger partial charge in [-0.15, -0.1) is 0 Å². The largest absolute Gasteiger partial charge is 0.460 e. The summed E-state index contributed by atoms with van der Waals surface area (Å²) in [6.07, 6.45) is 10.7. The molecule has 1 spiro atoms. The molecule has 1 aromatic heterocycles. The monoisotopic (exact) mass is 776 g/mol. The first-order valence-electron chi connectivity index (χ1n) is 20.8. The van der Waals surface area contributed by atoms with E-state index in [9.17, 15) is 24.0 Å². The van der Waals surface area contributed by atoms with Crippen LogP contribution in [0.25, 0.3) is 0 Å². The molecule has 13 heteroatoms. The van der Waals surface area contributed by atoms with Gasteiger partial charge in [0.1, 0.15) is 11.6 Å². The number of benzene rings is 1. The fourth-order valence-electron chi connectivity index (χ4n) is 8.48. The summed E-state index contributed by atoms with van der Waals surface area (Å²) in [4.78, 5) is 71.9. The van der Waals surface area contributed by atoms with E-state index in [0.717, 1.165) is 50.5 Å². The number of nitrogens with zero attached hydrogens (tertiary/aromatic N) is 4. The molecule has 5 rings (SSSR count). The molecule has 13 nitrogen and oxygen atoms in total. The minimum atomic E-state index is -1.05. The van der Waals surface area contributed by atoms with Crippen LogP contribution in [0.5, 0.6) is 0 Å². The van der Waals surface area contributed by atoms with Crippen LogP contribution in [0.15, 0.2) is 42.7 Å². The van der Waals surface area contributed by atoms with Gasteiger partial charge < -0.3 is 29.9 Å². The number of carbonyl (C=O) groups excluding carboxylic acids is 5. The van der Waals surface area contributed by atoms with Crippen LogP contribution in [0, 0.1) is 23.2 Å². The first-order valence-corrected chi connectivity index (χ1v) is 20.8. The van der Waals surface area contributed by atoms with Crippen LogP contribution in [-0.2, 0) is 35.2 Å². The second-order valence-corrected chi connectivity index (χ2v) is 17.3. The maximum Gasteiger partial charge on any atom is 0.308 e. The molecule has 3 heterocycles. The number of hydrogen-bond donors (Lipinski definition) is 2. The van der Waals surface area contributed by atoms with Crippen LogP contribution in [-0.4, -0.2) is 106 Å². The van der Waals surface area contributed by atoms with E-state index in [-0.39, 0.29) is 43.1 Å². The van der Waals surface area contributed by atoms with Gasteiger partial charge in [-0.2, -0.15) is 5.10 Å². The van der Waals surface area contributed by atoms with Crippen molar-refractivity contribution in [1.82, 2.24) is 30.2 Å². The number of hydrogen-bond acceptors (Lipinski definition) is 8. The third-order valence-electron chi connectivity index (χ3n) is 11.5. The number of rotatable bonds is 17. The lowest BCUT2D eigenvalue weighted by Crippen LogP contribution is -2.66. The molecule has 2 saturated heterocycles. The molecule has 1 aliphatic carbocycles. The van der Waals surface area contributed by atoms with Gasteiger partial charge in [0.05, 0.1) is 36.7 Å². The number of carbonyl (C=O) groups is 5. The zero-order chi connectivity index (χ0) is 40.5. The van der Waals surface area contributed by atoms with Gasteiger partial charge in [0.2, 0.25) is 17.7 Å². The maximum absolute atomic E-state index is 14.5. The first kappa shape index (κ1) is 42.9. The molecule has 0 radical (unpaired) electrons. The van der Waals surface area contributed by atoms with Crippen LogP contribution in [0.1, 0.15) is 115 Å². The van der Waals surface area contributed by atoms with Crippen LogP contribution in [0.4, 0.5) is 0 Å². The number of esters is 1. The van der Waals surface area contributed by atoms with Gasteiger partial charge in [0.15, 0.2) is 0 Å². The molecule has 0 unspecified atom stereocenters. The summed E-state index contributed by atoms with van der Waals surface area (Å²) in [5.41, 5.74) is 0.151. The van der Waals surface area contributed by atoms with Crippen molar-refractivity contribution in [3.8, 4) is 0 Å². The van der Waals surface area contributed by atoms with Gasteiger partial charge in [-0.05, 0) is 64.9 Å². The Morgan fingerprint density at radius 1 is 0.982 bits per heavy atom. The SMILES string of the molecule is CCC[C@@H](CC)C(=O)N1CC2(CN(C(=O)c3cnn(Cc4ccccc4)c3)C[C@H]2C(=O)N[C@H](C(=O)NCCC(=O)OC(C)(C)C)[C@@H](C)OCC2CCCCC2)C1. The number of ether oxygens (including phenoxy) is 2. The molecule has 0 bridgehead atoms. The molecule has 3 aliphatic rings. The lowest BCUT2D eigenvalue weighted by molar-refractivity contribution is -0.154. The normalized spacial score (nSPS) is 19.9. The van der Waals surface area contributed by atoms with Crippen molar-refractivity contribution in [1.29, 1.82) is 0 Å². The third-order valence-corrected chi connectivity index (χ3v) is 11.5. The second-order valence-electron chi connectivity index (χ2n) is 17.3. The van der Waals surface area contributed by atoms with Crippen LogP contribution >= 0.6 is 0 Å². The van der Waals surface area contributed by atoms with Crippen molar-refractivity contribution in [3.05, 3.63) is 53.9 Å². The van der Waals surface area contributed by atoms with E-state index in [4.69, 9.17) is 9.47 Å². The van der Waals surface area contributed by atoms with Gasteiger partial charge in [-0.1, -0.05) is 69.9 Å². The number of nitrogens with one attached hydrogen (secondary N) is 2. The highest BCUT2D eigenvalue weighted by Crippen LogP contribution is 2.45. The van der Waals surface area contributed by atoms with E-state index >= 15 is 0 Å². The summed E-state index contributed by atoms with van der Waals surface area (Å²) < 4.78 is 13.4. The molecular weight excluding hydrogens is 713 g/mol. The minimum Gasteiger partial charge on any atom is -0.460 e. The number of aromatic nitrogens is 2. The summed E-state index contributed by atoms with van der Waals surface area (Å²) in [5.74, 6) is -1.78. The molecule has 56 heavy (non-hydrogen) atoms. The average molecular weight is 777 g/mol. The first-order chi connectivity index (χ1) is 26.7. The van der Waals surface area contributed by atoms with E-state index in [1.165, 1.54) is 6.42 Å². The second kappa shape index (κ2) is 19.3. The molecule has 308 valence electrons. The summed E-state index contributed by atoms with van der Waals surface area (Å²) in [6, 6.07) is 8.82. The van der Waals surface area contributed by atoms with Crippen LogP contribution < -0.4 is 10.6 Å². The third kappa shape index (κ3) is 11.2. The van der Waals surface area contributed by atoms with Crippen molar-refractivity contribution in [2.45, 2.75) is 124 Å². The Labute approximate surface area is 332 Å². The zero-order valence-electron chi connectivity index (χ0n) is 34.4. The van der Waals surface area contributed by atoms with Crippen LogP contribution in [0.2, 0.25) is 0 Å². The lowest BCUT2D eigenvalue weighted by Gasteiger charge is -2.51. The molecule has 3 fully saturated rings. The Kier molecular flexibility index (Phi) is 14.7. The van der Waals surface area contributed by atoms with Gasteiger partial charge in [-0.3, -0.25) is 28.7 Å². The molecular formula is C43H64N6O7. The van der Waals surface area contributed by atoms with E-state index in [1.54, 1.807) is 49.7 Å². The minimum absolute atomic E-state index is 0.0215. The molecule has 4 amide bonds. The van der Waals surface area contributed by atoms with Gasteiger partial charge in [-0.25, -0.2) is 0 Å². The van der Waals surface area contributed by atoms with Crippen molar-refractivity contribution >= 4 is 29.6 Å². The molecule has 2 N–H and O–H groups in total. The topological polar surface area (TPSA) is 152 Å². The fraction of sp³-hybridized carbons (Fsp3) is 0.674. The molecule has 1 aromatic carbocycles. The highest BCUT2D eigenvalue weighted by Gasteiger charge is 2.59. The Morgan fingerprint density at radius 3 is 2.34 bits per heavy atom. The smallest absolute Gasteiger partial charge is 0.308 e. The summed E-state index contributed by atoms with van der Waals surface area (Å²) in [6.45, 7) is 13.4. The molecule has 2 aromatic rings. The quantitative estimate of drug-likeness (QED) is 0.214. The standard InChI is InChI=1S/C43H64N6O7/c1-7-15-33(8-2)40(53)48-28-43(29-48)27-47(41(54)34-22-45-49(24-34)23-31-16-11-9-12-17-31)25-35(43)38(51)46-37(30(3)55-26-32-18-13-10-14-19-32)39(52)44-21-20-36(50)56-42(4,5)6/h9,11-12,16-17,22,24,30,32-33,35,37H,7-8,10,13-15,18-21,23,25-29H2,1-6H3,(H,44,52)(H,46,51)/t30-,33-,35+,37+/m1/s1. The van der Waals surface area contributed by atoms with E-state index in [1.807, 2.05) is 42.2 Å². The van der Waals surface area contributed by atoms with E-state index in [0.29, 0.717) is 44.3 Å².